The van der Waals surface area contributed by atoms with Crippen LogP contribution in [0.4, 0.5) is 0 Å². The number of halogens is 1. The number of aromatic carboxylic acids is 1. The molecular formula is C9H10ClNO4S2. The second-order valence-electron chi connectivity index (χ2n) is 3.29. The van der Waals surface area contributed by atoms with Crippen LogP contribution in [-0.4, -0.2) is 42.2 Å². The molecule has 0 unspecified atom stereocenters. The van der Waals surface area contributed by atoms with Crippen molar-refractivity contribution < 1.29 is 18.3 Å². The molecule has 0 bridgehead atoms. The van der Waals surface area contributed by atoms with E-state index in [9.17, 15) is 13.2 Å². The SMILES string of the molecule is CS(=O)(=O)CCSc1cc(C(=O)O)c(Cl)cn1. The smallest absolute Gasteiger partial charge is 0.337 e. The average molecular weight is 296 g/mol. The summed E-state index contributed by atoms with van der Waals surface area (Å²) in [7, 11) is -3.02. The van der Waals surface area contributed by atoms with Gasteiger partial charge in [-0.05, 0) is 6.07 Å². The molecule has 5 nitrogen and oxygen atoms in total. The number of thioether (sulfide) groups is 1. The molecule has 94 valence electrons. The number of sulfone groups is 1. The second-order valence-corrected chi connectivity index (χ2v) is 7.07. The third-order valence-corrected chi connectivity index (χ3v) is 4.20. The summed E-state index contributed by atoms with van der Waals surface area (Å²) in [5.74, 6) is -0.793. The molecule has 0 aromatic carbocycles. The van der Waals surface area contributed by atoms with Crippen molar-refractivity contribution in [3.63, 3.8) is 0 Å². The van der Waals surface area contributed by atoms with Gasteiger partial charge in [-0.15, -0.1) is 11.8 Å². The number of carbonyl (C=O) groups is 1. The third kappa shape index (κ3) is 4.93. The molecule has 0 saturated carbocycles. The number of pyridine rings is 1. The maximum absolute atomic E-state index is 10.9. The summed E-state index contributed by atoms with van der Waals surface area (Å²) in [6, 6.07) is 1.33. The van der Waals surface area contributed by atoms with E-state index < -0.39 is 15.8 Å². The minimum atomic E-state index is -3.02. The fourth-order valence-corrected chi connectivity index (χ4v) is 3.23. The molecule has 0 fully saturated rings. The van der Waals surface area contributed by atoms with Gasteiger partial charge in [-0.25, -0.2) is 18.2 Å². The Morgan fingerprint density at radius 1 is 1.59 bits per heavy atom. The molecule has 0 radical (unpaired) electrons. The van der Waals surface area contributed by atoms with Crippen molar-refractivity contribution in [2.75, 3.05) is 17.8 Å². The Hall–Kier alpha value is -0.790. The van der Waals surface area contributed by atoms with Crippen molar-refractivity contribution in [3.8, 4) is 0 Å². The molecule has 1 rings (SSSR count). The Morgan fingerprint density at radius 3 is 2.76 bits per heavy atom. The van der Waals surface area contributed by atoms with Gasteiger partial charge in [0.25, 0.3) is 0 Å². The lowest BCUT2D eigenvalue weighted by Crippen LogP contribution is -2.05. The Labute approximate surface area is 108 Å². The number of hydrogen-bond acceptors (Lipinski definition) is 5. The zero-order valence-corrected chi connectivity index (χ0v) is 11.3. The molecule has 0 aliphatic rings. The molecule has 0 atom stereocenters. The standard InChI is InChI=1S/C9H10ClNO4S2/c1-17(14,15)3-2-16-8-4-6(9(12)13)7(10)5-11-8/h4-5H,2-3H2,1H3,(H,12,13). The van der Waals surface area contributed by atoms with E-state index in [1.807, 2.05) is 0 Å². The van der Waals surface area contributed by atoms with Crippen LogP contribution in [0, 0.1) is 0 Å². The summed E-state index contributed by atoms with van der Waals surface area (Å²) in [4.78, 5) is 14.7. The number of nitrogens with zero attached hydrogens (tertiary/aromatic N) is 1. The number of carboxylic acid groups (broad SMARTS) is 1. The first-order chi connectivity index (χ1) is 7.79. The van der Waals surface area contributed by atoms with E-state index in [1.165, 1.54) is 24.0 Å². The van der Waals surface area contributed by atoms with Crippen molar-refractivity contribution in [2.45, 2.75) is 5.03 Å². The predicted octanol–water partition coefficient (Wildman–Crippen LogP) is 1.57. The minimum absolute atomic E-state index is 0.0182. The first kappa shape index (κ1) is 14.3. The van der Waals surface area contributed by atoms with Crippen molar-refractivity contribution in [2.24, 2.45) is 0 Å². The van der Waals surface area contributed by atoms with Crippen LogP contribution in [0.2, 0.25) is 5.02 Å². The molecular weight excluding hydrogens is 286 g/mol. The molecule has 17 heavy (non-hydrogen) atoms. The van der Waals surface area contributed by atoms with Crippen molar-refractivity contribution >= 4 is 39.2 Å². The van der Waals surface area contributed by atoms with E-state index in [2.05, 4.69) is 4.98 Å². The van der Waals surface area contributed by atoms with Crippen LogP contribution in [0.5, 0.6) is 0 Å². The Bertz CT molecular complexity index is 530. The first-order valence-electron chi connectivity index (χ1n) is 4.49. The monoisotopic (exact) mass is 295 g/mol. The second kappa shape index (κ2) is 5.70. The largest absolute Gasteiger partial charge is 0.478 e. The van der Waals surface area contributed by atoms with Gasteiger partial charge in [0, 0.05) is 18.2 Å². The molecule has 0 aliphatic heterocycles. The number of rotatable bonds is 5. The van der Waals surface area contributed by atoms with Gasteiger partial charge >= 0.3 is 5.97 Å². The number of carboxylic acids is 1. The molecule has 8 heteroatoms. The quantitative estimate of drug-likeness (QED) is 0.830. The zero-order valence-electron chi connectivity index (χ0n) is 8.88. The molecule has 1 N–H and O–H groups in total. The summed E-state index contributed by atoms with van der Waals surface area (Å²) >= 11 is 6.82. The van der Waals surface area contributed by atoms with Crippen LogP contribution in [-0.2, 0) is 9.84 Å². The molecule has 1 aromatic rings. The van der Waals surface area contributed by atoms with Crippen LogP contribution in [0.25, 0.3) is 0 Å². The van der Waals surface area contributed by atoms with Gasteiger partial charge < -0.3 is 5.11 Å². The van der Waals surface area contributed by atoms with Crippen molar-refractivity contribution in [1.82, 2.24) is 4.98 Å². The van der Waals surface area contributed by atoms with Crippen molar-refractivity contribution in [3.05, 3.63) is 22.8 Å². The van der Waals surface area contributed by atoms with Crippen LogP contribution < -0.4 is 0 Å². The summed E-state index contributed by atoms with van der Waals surface area (Å²) < 4.78 is 21.8. The van der Waals surface area contributed by atoms with Gasteiger partial charge in [0.1, 0.15) is 9.84 Å². The Kier molecular flexibility index (Phi) is 4.79. The number of aromatic nitrogens is 1. The summed E-state index contributed by atoms with van der Waals surface area (Å²) in [5, 5.41) is 9.33. The highest BCUT2D eigenvalue weighted by Crippen LogP contribution is 2.22. The van der Waals surface area contributed by atoms with Gasteiger partial charge in [-0.1, -0.05) is 11.6 Å². The fourth-order valence-electron chi connectivity index (χ4n) is 0.960. The van der Waals surface area contributed by atoms with E-state index >= 15 is 0 Å². The normalized spacial score (nSPS) is 11.4. The molecule has 0 aliphatic carbocycles. The van der Waals surface area contributed by atoms with Gasteiger partial charge in [0.05, 0.1) is 21.4 Å². The summed E-state index contributed by atoms with van der Waals surface area (Å²) in [6.45, 7) is 0. The first-order valence-corrected chi connectivity index (χ1v) is 7.91. The molecule has 1 heterocycles. The molecule has 0 saturated heterocycles. The van der Waals surface area contributed by atoms with Gasteiger partial charge in [-0.3, -0.25) is 0 Å². The van der Waals surface area contributed by atoms with E-state index in [0.29, 0.717) is 10.8 Å². The highest BCUT2D eigenvalue weighted by Gasteiger charge is 2.11. The van der Waals surface area contributed by atoms with Crippen LogP contribution in [0.1, 0.15) is 10.4 Å². The predicted molar refractivity (Wildman–Crippen MR) is 66.6 cm³/mol. The van der Waals surface area contributed by atoms with E-state index in [-0.39, 0.29) is 16.3 Å². The third-order valence-electron chi connectivity index (χ3n) is 1.76. The van der Waals surface area contributed by atoms with Crippen LogP contribution >= 0.6 is 23.4 Å². The van der Waals surface area contributed by atoms with E-state index in [4.69, 9.17) is 16.7 Å². The average Bonchev–Trinajstić information content (AvgIpc) is 2.18. The molecule has 0 spiro atoms. The maximum atomic E-state index is 10.9. The maximum Gasteiger partial charge on any atom is 0.337 e. The topological polar surface area (TPSA) is 84.3 Å². The van der Waals surface area contributed by atoms with Crippen LogP contribution in [0.15, 0.2) is 17.3 Å². The van der Waals surface area contributed by atoms with Crippen LogP contribution in [0.3, 0.4) is 0 Å². The lowest BCUT2D eigenvalue weighted by molar-refractivity contribution is 0.0696. The molecule has 0 amide bonds. The number of hydrogen-bond donors (Lipinski definition) is 1. The lowest BCUT2D eigenvalue weighted by Gasteiger charge is -2.03. The Balaban J connectivity index is 2.73. The van der Waals surface area contributed by atoms with E-state index in [0.717, 1.165) is 6.26 Å². The fraction of sp³-hybridized carbons (Fsp3) is 0.333. The molecule has 1 aromatic heterocycles. The zero-order chi connectivity index (χ0) is 13.1. The van der Waals surface area contributed by atoms with Crippen molar-refractivity contribution in [1.29, 1.82) is 0 Å². The minimum Gasteiger partial charge on any atom is -0.478 e. The Morgan fingerprint density at radius 2 is 2.24 bits per heavy atom. The lowest BCUT2D eigenvalue weighted by atomic mass is 10.3. The highest BCUT2D eigenvalue weighted by atomic mass is 35.5. The van der Waals surface area contributed by atoms with E-state index in [1.54, 1.807) is 0 Å². The van der Waals surface area contributed by atoms with Gasteiger partial charge in [0.15, 0.2) is 0 Å². The summed E-state index contributed by atoms with van der Waals surface area (Å²) in [6.07, 6.45) is 2.39. The highest BCUT2D eigenvalue weighted by molar-refractivity contribution is 8.00. The summed E-state index contributed by atoms with van der Waals surface area (Å²) in [5.41, 5.74) is -0.0384. The van der Waals surface area contributed by atoms with Gasteiger partial charge in [-0.2, -0.15) is 0 Å². The van der Waals surface area contributed by atoms with Gasteiger partial charge in [0.2, 0.25) is 0 Å².